The van der Waals surface area contributed by atoms with Crippen molar-refractivity contribution >= 4 is 15.9 Å². The third-order valence-corrected chi connectivity index (χ3v) is 8.99. The highest BCUT2D eigenvalue weighted by molar-refractivity contribution is 7.89. The zero-order chi connectivity index (χ0) is 26.8. The summed E-state index contributed by atoms with van der Waals surface area (Å²) < 4.78 is 38.8. The van der Waals surface area contributed by atoms with Crippen molar-refractivity contribution in [1.82, 2.24) is 9.21 Å². The number of methoxy groups -OCH3 is 1. The van der Waals surface area contributed by atoms with E-state index in [-0.39, 0.29) is 30.5 Å². The van der Waals surface area contributed by atoms with Crippen molar-refractivity contribution in [2.45, 2.75) is 70.1 Å². The van der Waals surface area contributed by atoms with Gasteiger partial charge in [0.05, 0.1) is 12.0 Å². The van der Waals surface area contributed by atoms with Crippen LogP contribution < -0.4 is 9.47 Å². The molecule has 0 atom stereocenters. The van der Waals surface area contributed by atoms with E-state index in [1.807, 2.05) is 19.1 Å². The van der Waals surface area contributed by atoms with Gasteiger partial charge in [0.1, 0.15) is 0 Å². The number of amides is 1. The first-order valence-electron chi connectivity index (χ1n) is 13.5. The lowest BCUT2D eigenvalue weighted by atomic mass is 9.89. The number of hydrogen-bond donors (Lipinski definition) is 0. The molecule has 0 spiro atoms. The molecule has 1 amide bonds. The zero-order valence-electron chi connectivity index (χ0n) is 22.7. The van der Waals surface area contributed by atoms with Crippen molar-refractivity contribution in [2.75, 3.05) is 39.9 Å². The summed E-state index contributed by atoms with van der Waals surface area (Å²) in [6.45, 7) is 7.43. The average molecular weight is 531 g/mol. The molecule has 0 N–H and O–H groups in total. The fourth-order valence-electron chi connectivity index (χ4n) is 4.70. The Hall–Kier alpha value is -2.58. The van der Waals surface area contributed by atoms with Crippen LogP contribution in [0.15, 0.2) is 47.4 Å². The molecule has 204 valence electrons. The number of piperazine rings is 1. The Morgan fingerprint density at radius 1 is 0.919 bits per heavy atom. The molecule has 0 unspecified atom stereocenters. The molecule has 1 saturated heterocycles. The van der Waals surface area contributed by atoms with Crippen molar-refractivity contribution in [3.63, 3.8) is 0 Å². The molecule has 0 saturated carbocycles. The van der Waals surface area contributed by atoms with Crippen LogP contribution in [-0.4, -0.2) is 63.4 Å². The third kappa shape index (κ3) is 7.71. The van der Waals surface area contributed by atoms with Gasteiger partial charge in [-0.15, -0.1) is 0 Å². The van der Waals surface area contributed by atoms with Crippen LogP contribution in [0.3, 0.4) is 0 Å². The summed E-state index contributed by atoms with van der Waals surface area (Å²) in [5, 5.41) is 0. The second kappa shape index (κ2) is 13.8. The van der Waals surface area contributed by atoms with Crippen LogP contribution in [0.5, 0.6) is 11.5 Å². The molecule has 3 rings (SSSR count). The number of unbranched alkanes of at least 4 members (excludes halogenated alkanes) is 2. The molecule has 2 aromatic rings. The predicted molar refractivity (Wildman–Crippen MR) is 147 cm³/mol. The van der Waals surface area contributed by atoms with E-state index in [1.54, 1.807) is 36.3 Å². The highest BCUT2D eigenvalue weighted by Crippen LogP contribution is 2.35. The molecule has 2 aromatic carbocycles. The summed E-state index contributed by atoms with van der Waals surface area (Å²) in [5.41, 5.74) is 2.26. The SMILES string of the molecule is CCCCC(CCCC)c1ccc(OCC(=O)N2CCN(S(=O)(=O)c3ccc(C)cc3)CC2)c(OC)c1. The van der Waals surface area contributed by atoms with E-state index in [2.05, 4.69) is 19.9 Å². The number of sulfonamides is 1. The van der Waals surface area contributed by atoms with E-state index < -0.39 is 10.0 Å². The minimum Gasteiger partial charge on any atom is -0.493 e. The lowest BCUT2D eigenvalue weighted by Gasteiger charge is -2.34. The Balaban J connectivity index is 1.57. The highest BCUT2D eigenvalue weighted by Gasteiger charge is 2.30. The number of carbonyl (C=O) groups excluding carboxylic acids is 1. The Morgan fingerprint density at radius 2 is 1.54 bits per heavy atom. The molecule has 0 bridgehead atoms. The molecule has 1 aliphatic rings. The van der Waals surface area contributed by atoms with Gasteiger partial charge < -0.3 is 14.4 Å². The number of aryl methyl sites for hydroxylation is 1. The lowest BCUT2D eigenvalue weighted by molar-refractivity contribution is -0.134. The average Bonchev–Trinajstić information content (AvgIpc) is 2.92. The quantitative estimate of drug-likeness (QED) is 0.348. The Bertz CT molecular complexity index is 1100. The third-order valence-electron chi connectivity index (χ3n) is 7.07. The number of benzene rings is 2. The molecule has 1 aliphatic heterocycles. The molecule has 1 heterocycles. The summed E-state index contributed by atoms with van der Waals surface area (Å²) in [6.07, 6.45) is 7.06. The van der Waals surface area contributed by atoms with Gasteiger partial charge in [-0.3, -0.25) is 4.79 Å². The van der Waals surface area contributed by atoms with Gasteiger partial charge in [0.15, 0.2) is 18.1 Å². The Morgan fingerprint density at radius 3 is 2.11 bits per heavy atom. The van der Waals surface area contributed by atoms with Crippen LogP contribution in [-0.2, 0) is 14.8 Å². The maximum absolute atomic E-state index is 12.9. The van der Waals surface area contributed by atoms with E-state index in [4.69, 9.17) is 9.47 Å². The van der Waals surface area contributed by atoms with Gasteiger partial charge in [-0.25, -0.2) is 8.42 Å². The highest BCUT2D eigenvalue weighted by atomic mass is 32.2. The Kier molecular flexibility index (Phi) is 10.8. The summed E-state index contributed by atoms with van der Waals surface area (Å²) >= 11 is 0. The first-order valence-corrected chi connectivity index (χ1v) is 14.9. The van der Waals surface area contributed by atoms with E-state index in [1.165, 1.54) is 35.6 Å². The van der Waals surface area contributed by atoms with Gasteiger partial charge in [0.2, 0.25) is 10.0 Å². The van der Waals surface area contributed by atoms with Crippen LogP contribution in [0.2, 0.25) is 0 Å². The second-order valence-corrected chi connectivity index (χ2v) is 11.7. The molecule has 0 radical (unpaired) electrons. The number of carbonyl (C=O) groups is 1. The predicted octanol–water partition coefficient (Wildman–Crippen LogP) is 5.38. The summed E-state index contributed by atoms with van der Waals surface area (Å²) in [4.78, 5) is 14.8. The smallest absolute Gasteiger partial charge is 0.260 e. The maximum Gasteiger partial charge on any atom is 0.260 e. The maximum atomic E-state index is 12.9. The first kappa shape index (κ1) is 29.0. The monoisotopic (exact) mass is 530 g/mol. The molecule has 0 aliphatic carbocycles. The summed E-state index contributed by atoms with van der Waals surface area (Å²) in [5.74, 6) is 1.52. The fraction of sp³-hybridized carbons (Fsp3) is 0.552. The van der Waals surface area contributed by atoms with Crippen molar-refractivity contribution in [1.29, 1.82) is 0 Å². The van der Waals surface area contributed by atoms with Crippen LogP contribution >= 0.6 is 0 Å². The van der Waals surface area contributed by atoms with Gasteiger partial charge in [0.25, 0.3) is 5.91 Å². The van der Waals surface area contributed by atoms with E-state index >= 15 is 0 Å². The van der Waals surface area contributed by atoms with E-state index in [9.17, 15) is 13.2 Å². The van der Waals surface area contributed by atoms with Gasteiger partial charge in [0, 0.05) is 26.2 Å². The normalized spacial score (nSPS) is 14.7. The lowest BCUT2D eigenvalue weighted by Crippen LogP contribution is -2.51. The van der Waals surface area contributed by atoms with Crippen LogP contribution in [0.4, 0.5) is 0 Å². The van der Waals surface area contributed by atoms with Gasteiger partial charge in [-0.05, 0) is 55.5 Å². The van der Waals surface area contributed by atoms with Crippen LogP contribution in [0, 0.1) is 6.92 Å². The zero-order valence-corrected chi connectivity index (χ0v) is 23.6. The summed E-state index contributed by atoms with van der Waals surface area (Å²) in [7, 11) is -1.95. The molecule has 0 aromatic heterocycles. The second-order valence-electron chi connectivity index (χ2n) is 9.78. The number of rotatable bonds is 13. The van der Waals surface area contributed by atoms with Crippen LogP contribution in [0.25, 0.3) is 0 Å². The first-order chi connectivity index (χ1) is 17.8. The topological polar surface area (TPSA) is 76.2 Å². The molecular formula is C29H42N2O5S. The van der Waals surface area contributed by atoms with Gasteiger partial charge in [-0.1, -0.05) is 63.3 Å². The molecule has 37 heavy (non-hydrogen) atoms. The standard InChI is InChI=1S/C29H42N2O5S/c1-5-7-9-24(10-8-6-2)25-13-16-27(28(21-25)35-4)36-22-29(32)30-17-19-31(20-18-30)37(33,34)26-14-11-23(3)12-15-26/h11-16,21,24H,5-10,17-20,22H2,1-4H3. The van der Waals surface area contributed by atoms with E-state index in [0.717, 1.165) is 18.4 Å². The van der Waals surface area contributed by atoms with Crippen molar-refractivity contribution in [2.24, 2.45) is 0 Å². The van der Waals surface area contributed by atoms with Crippen LogP contribution in [0.1, 0.15) is 69.4 Å². The number of hydrogen-bond acceptors (Lipinski definition) is 5. The number of nitrogens with zero attached hydrogens (tertiary/aromatic N) is 2. The van der Waals surface area contributed by atoms with Crippen molar-refractivity contribution in [3.8, 4) is 11.5 Å². The minimum absolute atomic E-state index is 0.116. The molecule has 7 nitrogen and oxygen atoms in total. The summed E-state index contributed by atoms with van der Waals surface area (Å²) in [6, 6.07) is 12.9. The minimum atomic E-state index is -3.57. The van der Waals surface area contributed by atoms with Gasteiger partial charge in [-0.2, -0.15) is 4.31 Å². The largest absolute Gasteiger partial charge is 0.493 e. The van der Waals surface area contributed by atoms with Crippen molar-refractivity contribution in [3.05, 3.63) is 53.6 Å². The Labute approximate surface area is 222 Å². The number of ether oxygens (including phenoxy) is 2. The van der Waals surface area contributed by atoms with E-state index in [0.29, 0.717) is 30.5 Å². The van der Waals surface area contributed by atoms with Gasteiger partial charge >= 0.3 is 0 Å². The van der Waals surface area contributed by atoms with Crippen molar-refractivity contribution < 1.29 is 22.7 Å². The molecule has 8 heteroatoms. The molecular weight excluding hydrogens is 488 g/mol. The molecule has 1 fully saturated rings. The fourth-order valence-corrected chi connectivity index (χ4v) is 6.13.